The summed E-state index contributed by atoms with van der Waals surface area (Å²) in [5.74, 6) is 1.98. The SMILES string of the molecule is COc1ccccc1OCCCCCCN=C(NC#N)Nc1ccncc1. The molecule has 0 radical (unpaired) electrons. The van der Waals surface area contributed by atoms with E-state index in [1.165, 1.54) is 0 Å². The van der Waals surface area contributed by atoms with Gasteiger partial charge in [-0.2, -0.15) is 5.26 Å². The number of benzene rings is 1. The first kappa shape index (κ1) is 20.0. The molecular formula is C20H25N5O2. The van der Waals surface area contributed by atoms with Gasteiger partial charge in [0, 0.05) is 24.6 Å². The Bertz CT molecular complexity index is 744. The van der Waals surface area contributed by atoms with Gasteiger partial charge in [0.2, 0.25) is 5.96 Å². The number of ether oxygens (including phenoxy) is 2. The van der Waals surface area contributed by atoms with Crippen LogP contribution >= 0.6 is 0 Å². The van der Waals surface area contributed by atoms with Crippen LogP contribution in [0.15, 0.2) is 53.8 Å². The van der Waals surface area contributed by atoms with Gasteiger partial charge in [0.15, 0.2) is 17.7 Å². The van der Waals surface area contributed by atoms with Crippen molar-refractivity contribution in [3.05, 3.63) is 48.8 Å². The van der Waals surface area contributed by atoms with E-state index >= 15 is 0 Å². The smallest absolute Gasteiger partial charge is 0.209 e. The van der Waals surface area contributed by atoms with E-state index in [4.69, 9.17) is 14.7 Å². The van der Waals surface area contributed by atoms with Gasteiger partial charge < -0.3 is 14.8 Å². The van der Waals surface area contributed by atoms with Crippen LogP contribution in [0.3, 0.4) is 0 Å². The monoisotopic (exact) mass is 367 g/mol. The van der Waals surface area contributed by atoms with Crippen molar-refractivity contribution >= 4 is 11.6 Å². The summed E-state index contributed by atoms with van der Waals surface area (Å²) < 4.78 is 11.0. The quantitative estimate of drug-likeness (QED) is 0.219. The molecule has 0 saturated heterocycles. The second kappa shape index (κ2) is 12.1. The fourth-order valence-electron chi connectivity index (χ4n) is 2.41. The van der Waals surface area contributed by atoms with Crippen molar-refractivity contribution in [1.29, 1.82) is 5.26 Å². The van der Waals surface area contributed by atoms with Crippen LogP contribution in [0.25, 0.3) is 0 Å². The van der Waals surface area contributed by atoms with Crippen molar-refractivity contribution in [2.45, 2.75) is 25.7 Å². The molecule has 0 aliphatic rings. The summed E-state index contributed by atoms with van der Waals surface area (Å²) in [5, 5.41) is 14.5. The molecule has 7 heteroatoms. The van der Waals surface area contributed by atoms with Gasteiger partial charge in [0.1, 0.15) is 0 Å². The number of nitrogens with one attached hydrogen (secondary N) is 2. The molecule has 0 unspecified atom stereocenters. The largest absolute Gasteiger partial charge is 0.493 e. The zero-order valence-electron chi connectivity index (χ0n) is 15.5. The third-order valence-electron chi connectivity index (χ3n) is 3.77. The van der Waals surface area contributed by atoms with E-state index in [1.807, 2.05) is 42.6 Å². The molecule has 0 amide bonds. The first-order chi connectivity index (χ1) is 13.3. The molecule has 7 nitrogen and oxygen atoms in total. The number of hydrogen-bond acceptors (Lipinski definition) is 5. The maximum Gasteiger partial charge on any atom is 0.209 e. The Hall–Kier alpha value is -3.27. The molecule has 1 aromatic carbocycles. The number of guanidine groups is 1. The van der Waals surface area contributed by atoms with E-state index in [1.54, 1.807) is 19.5 Å². The molecule has 0 atom stereocenters. The predicted octanol–water partition coefficient (Wildman–Crippen LogP) is 3.57. The molecular weight excluding hydrogens is 342 g/mol. The van der Waals surface area contributed by atoms with Crippen LogP contribution in [0.5, 0.6) is 11.5 Å². The summed E-state index contributed by atoms with van der Waals surface area (Å²) in [7, 11) is 1.64. The number of unbranched alkanes of at least 4 members (excludes halogenated alkanes) is 3. The van der Waals surface area contributed by atoms with Crippen molar-refractivity contribution < 1.29 is 9.47 Å². The highest BCUT2D eigenvalue weighted by Crippen LogP contribution is 2.25. The molecule has 2 N–H and O–H groups in total. The van der Waals surface area contributed by atoms with Gasteiger partial charge in [-0.3, -0.25) is 15.3 Å². The summed E-state index contributed by atoms with van der Waals surface area (Å²) in [6.45, 7) is 1.31. The normalized spacial score (nSPS) is 10.7. The minimum Gasteiger partial charge on any atom is -0.493 e. The number of hydrogen-bond donors (Lipinski definition) is 2. The Balaban J connectivity index is 1.62. The number of aromatic nitrogens is 1. The van der Waals surface area contributed by atoms with Crippen molar-refractivity contribution in [3.63, 3.8) is 0 Å². The predicted molar refractivity (Wildman–Crippen MR) is 106 cm³/mol. The Labute approximate surface area is 160 Å². The lowest BCUT2D eigenvalue weighted by atomic mass is 10.2. The number of rotatable bonds is 10. The zero-order chi connectivity index (χ0) is 19.2. The average molecular weight is 367 g/mol. The maximum absolute atomic E-state index is 8.83. The number of para-hydroxylation sites is 2. The topological polar surface area (TPSA) is 91.6 Å². The van der Waals surface area contributed by atoms with E-state index in [9.17, 15) is 0 Å². The molecule has 27 heavy (non-hydrogen) atoms. The third-order valence-corrected chi connectivity index (χ3v) is 3.77. The minimum absolute atomic E-state index is 0.447. The molecule has 0 aliphatic carbocycles. The fraction of sp³-hybridized carbons (Fsp3) is 0.350. The van der Waals surface area contributed by atoms with E-state index < -0.39 is 0 Å². The summed E-state index contributed by atoms with van der Waals surface area (Å²) in [6, 6.07) is 11.3. The highest BCUT2D eigenvalue weighted by atomic mass is 16.5. The van der Waals surface area contributed by atoms with Crippen LogP contribution in [0, 0.1) is 11.5 Å². The highest BCUT2D eigenvalue weighted by molar-refractivity contribution is 5.94. The van der Waals surface area contributed by atoms with Crippen LogP contribution < -0.4 is 20.1 Å². The number of pyridine rings is 1. The van der Waals surface area contributed by atoms with Gasteiger partial charge in [-0.05, 0) is 43.5 Å². The van der Waals surface area contributed by atoms with E-state index in [2.05, 4.69) is 20.6 Å². The Kier molecular flexibility index (Phi) is 9.02. The van der Waals surface area contributed by atoms with E-state index in [0.29, 0.717) is 19.1 Å². The second-order valence-corrected chi connectivity index (χ2v) is 5.74. The van der Waals surface area contributed by atoms with Crippen molar-refractivity contribution in [2.75, 3.05) is 25.6 Å². The van der Waals surface area contributed by atoms with Gasteiger partial charge in [-0.15, -0.1) is 0 Å². The second-order valence-electron chi connectivity index (χ2n) is 5.74. The standard InChI is InChI=1S/C20H25N5O2/c1-26-18-8-4-5-9-19(18)27-15-7-3-2-6-12-23-20(24-16-21)25-17-10-13-22-14-11-17/h4-5,8-11,13-14H,2-3,6-7,12,15H2,1H3,(H2,22,23,24,25). The summed E-state index contributed by atoms with van der Waals surface area (Å²) in [6.07, 6.45) is 9.28. The molecule has 0 fully saturated rings. The van der Waals surface area contributed by atoms with Crippen molar-refractivity contribution in [3.8, 4) is 17.7 Å². The number of nitrogens with zero attached hydrogens (tertiary/aromatic N) is 3. The average Bonchev–Trinajstić information content (AvgIpc) is 2.71. The van der Waals surface area contributed by atoms with Crippen LogP contribution in [0.2, 0.25) is 0 Å². The first-order valence-corrected chi connectivity index (χ1v) is 8.96. The summed E-state index contributed by atoms with van der Waals surface area (Å²) >= 11 is 0. The van der Waals surface area contributed by atoms with Crippen LogP contribution in [0.4, 0.5) is 5.69 Å². The number of nitriles is 1. The van der Waals surface area contributed by atoms with Crippen molar-refractivity contribution in [1.82, 2.24) is 10.3 Å². The molecule has 0 spiro atoms. The third kappa shape index (κ3) is 7.65. The molecule has 0 bridgehead atoms. The lowest BCUT2D eigenvalue weighted by molar-refractivity contribution is 0.285. The minimum atomic E-state index is 0.447. The molecule has 0 saturated carbocycles. The highest BCUT2D eigenvalue weighted by Gasteiger charge is 2.02. The first-order valence-electron chi connectivity index (χ1n) is 8.96. The van der Waals surface area contributed by atoms with Crippen molar-refractivity contribution in [2.24, 2.45) is 4.99 Å². The van der Waals surface area contributed by atoms with E-state index in [0.717, 1.165) is 42.9 Å². The number of aliphatic imine (C=N–C) groups is 1. The van der Waals surface area contributed by atoms with Gasteiger partial charge in [-0.25, -0.2) is 0 Å². The lowest BCUT2D eigenvalue weighted by Crippen LogP contribution is -2.27. The van der Waals surface area contributed by atoms with Crippen LogP contribution in [0.1, 0.15) is 25.7 Å². The molecule has 2 rings (SSSR count). The number of anilines is 1. The van der Waals surface area contributed by atoms with Gasteiger partial charge in [-0.1, -0.05) is 18.6 Å². The molecule has 0 aliphatic heterocycles. The Morgan fingerprint density at radius 2 is 1.81 bits per heavy atom. The van der Waals surface area contributed by atoms with E-state index in [-0.39, 0.29) is 0 Å². The molecule has 142 valence electrons. The van der Waals surface area contributed by atoms with Gasteiger partial charge >= 0.3 is 0 Å². The fourth-order valence-corrected chi connectivity index (χ4v) is 2.41. The molecule has 1 aromatic heterocycles. The zero-order valence-corrected chi connectivity index (χ0v) is 15.5. The molecule has 2 aromatic rings. The molecule has 1 heterocycles. The Morgan fingerprint density at radius 1 is 1.07 bits per heavy atom. The summed E-state index contributed by atoms with van der Waals surface area (Å²) in [5.41, 5.74) is 0.833. The maximum atomic E-state index is 8.83. The van der Waals surface area contributed by atoms with Gasteiger partial charge in [0.25, 0.3) is 0 Å². The van der Waals surface area contributed by atoms with Crippen LogP contribution in [-0.4, -0.2) is 31.2 Å². The van der Waals surface area contributed by atoms with Crippen LogP contribution in [-0.2, 0) is 0 Å². The summed E-state index contributed by atoms with van der Waals surface area (Å²) in [4.78, 5) is 8.36. The van der Waals surface area contributed by atoms with Gasteiger partial charge in [0.05, 0.1) is 13.7 Å². The Morgan fingerprint density at radius 3 is 2.56 bits per heavy atom. The lowest BCUT2D eigenvalue weighted by Gasteiger charge is -2.10. The number of methoxy groups -OCH3 is 1.